The van der Waals surface area contributed by atoms with Crippen LogP contribution in [0.2, 0.25) is 0 Å². The molecule has 1 fully saturated rings. The Balaban J connectivity index is 1.81. The summed E-state index contributed by atoms with van der Waals surface area (Å²) in [4.78, 5) is 27.6. The zero-order valence-corrected chi connectivity index (χ0v) is 11.9. The average molecular weight is 289 g/mol. The Labute approximate surface area is 120 Å². The largest absolute Gasteiger partial charge is 0.333 e. The molecule has 1 N–H and O–H groups in total. The number of amides is 1. The van der Waals surface area contributed by atoms with Gasteiger partial charge in [0.2, 0.25) is 0 Å². The number of aromatic nitrogens is 3. The first-order chi connectivity index (χ1) is 9.75. The monoisotopic (exact) mass is 289 g/mol. The van der Waals surface area contributed by atoms with Crippen LogP contribution < -0.4 is 5.32 Å². The molecule has 1 atom stereocenters. The highest BCUT2D eigenvalue weighted by molar-refractivity contribution is 7.16. The lowest BCUT2D eigenvalue weighted by atomic mass is 10.2. The van der Waals surface area contributed by atoms with Crippen LogP contribution in [-0.2, 0) is 0 Å². The van der Waals surface area contributed by atoms with Gasteiger partial charge in [-0.3, -0.25) is 4.79 Å². The van der Waals surface area contributed by atoms with E-state index in [-0.39, 0.29) is 11.9 Å². The van der Waals surface area contributed by atoms with E-state index in [9.17, 15) is 4.79 Å². The molecule has 1 aliphatic rings. The molecule has 3 rings (SSSR count). The van der Waals surface area contributed by atoms with Gasteiger partial charge >= 0.3 is 0 Å². The summed E-state index contributed by atoms with van der Waals surface area (Å²) in [5.74, 6) is 0.601. The number of hydrogen-bond acceptors (Lipinski definition) is 6. The Hall–Kier alpha value is -1.86. The zero-order chi connectivity index (χ0) is 13.9. The minimum absolute atomic E-state index is 0.0404. The summed E-state index contributed by atoms with van der Waals surface area (Å²) in [6, 6.07) is 1.96. The molecule has 104 valence electrons. The second-order valence-corrected chi connectivity index (χ2v) is 5.68. The van der Waals surface area contributed by atoms with Crippen molar-refractivity contribution in [3.05, 3.63) is 29.5 Å². The fourth-order valence-corrected chi connectivity index (χ4v) is 2.99. The Morgan fingerprint density at radius 2 is 2.20 bits per heavy atom. The summed E-state index contributed by atoms with van der Waals surface area (Å²) in [6.07, 6.45) is 4.96. The summed E-state index contributed by atoms with van der Waals surface area (Å²) in [5, 5.41) is 3.95. The maximum absolute atomic E-state index is 12.5. The van der Waals surface area contributed by atoms with E-state index in [1.807, 2.05) is 11.8 Å². The van der Waals surface area contributed by atoms with Crippen LogP contribution in [-0.4, -0.2) is 51.4 Å². The molecule has 7 heteroatoms. The van der Waals surface area contributed by atoms with Crippen molar-refractivity contribution in [2.45, 2.75) is 13.0 Å². The summed E-state index contributed by atoms with van der Waals surface area (Å²) in [7, 11) is 0. The van der Waals surface area contributed by atoms with E-state index in [1.165, 1.54) is 11.3 Å². The molecule has 0 saturated carbocycles. The molecule has 0 spiro atoms. The molecular weight excluding hydrogens is 274 g/mol. The number of piperazine rings is 1. The van der Waals surface area contributed by atoms with Crippen LogP contribution in [0, 0.1) is 0 Å². The van der Waals surface area contributed by atoms with E-state index in [0.29, 0.717) is 15.7 Å². The van der Waals surface area contributed by atoms with Gasteiger partial charge < -0.3 is 10.2 Å². The van der Waals surface area contributed by atoms with Crippen molar-refractivity contribution in [1.29, 1.82) is 0 Å². The van der Waals surface area contributed by atoms with E-state index in [4.69, 9.17) is 0 Å². The summed E-state index contributed by atoms with van der Waals surface area (Å²) >= 11 is 1.34. The minimum atomic E-state index is 0.0404. The summed E-state index contributed by atoms with van der Waals surface area (Å²) in [6.45, 7) is 4.45. The predicted octanol–water partition coefficient (Wildman–Crippen LogP) is 1.03. The Bertz CT molecular complexity index is 600. The molecule has 0 aliphatic carbocycles. The van der Waals surface area contributed by atoms with Crippen molar-refractivity contribution in [1.82, 2.24) is 25.2 Å². The molecule has 1 aliphatic heterocycles. The van der Waals surface area contributed by atoms with E-state index >= 15 is 0 Å². The average Bonchev–Trinajstić information content (AvgIpc) is 2.98. The number of nitrogens with zero attached hydrogens (tertiary/aromatic N) is 4. The number of carbonyl (C=O) groups is 1. The standard InChI is InChI=1S/C13H15N5OS/c1-9-7-14-5-6-18(9)13(19)10-8-17-12(20-10)11-15-3-2-4-16-11/h2-4,8-9,14H,5-7H2,1H3. The first-order valence-electron chi connectivity index (χ1n) is 6.50. The van der Waals surface area contributed by atoms with Crippen molar-refractivity contribution in [2.24, 2.45) is 0 Å². The third-order valence-electron chi connectivity index (χ3n) is 3.24. The number of hydrogen-bond donors (Lipinski definition) is 1. The predicted molar refractivity (Wildman–Crippen MR) is 76.5 cm³/mol. The third kappa shape index (κ3) is 2.54. The maximum atomic E-state index is 12.5. The second-order valence-electron chi connectivity index (χ2n) is 4.65. The van der Waals surface area contributed by atoms with Gasteiger partial charge in [-0.05, 0) is 13.0 Å². The van der Waals surface area contributed by atoms with E-state index in [2.05, 4.69) is 20.3 Å². The van der Waals surface area contributed by atoms with Crippen molar-refractivity contribution < 1.29 is 4.79 Å². The van der Waals surface area contributed by atoms with E-state index in [1.54, 1.807) is 24.7 Å². The van der Waals surface area contributed by atoms with Crippen molar-refractivity contribution in [3.8, 4) is 10.8 Å². The number of rotatable bonds is 2. The molecular formula is C13H15N5OS. The molecule has 1 saturated heterocycles. The first-order valence-corrected chi connectivity index (χ1v) is 7.32. The van der Waals surface area contributed by atoms with Crippen LogP contribution in [0.5, 0.6) is 0 Å². The fraction of sp³-hybridized carbons (Fsp3) is 0.385. The highest BCUT2D eigenvalue weighted by Crippen LogP contribution is 2.23. The molecule has 0 bridgehead atoms. The molecule has 1 unspecified atom stereocenters. The van der Waals surface area contributed by atoms with Gasteiger partial charge in [0.25, 0.3) is 5.91 Å². The van der Waals surface area contributed by atoms with Gasteiger partial charge in [0.1, 0.15) is 4.88 Å². The summed E-state index contributed by atoms with van der Waals surface area (Å²) in [5.41, 5.74) is 0. The smallest absolute Gasteiger partial charge is 0.265 e. The topological polar surface area (TPSA) is 71.0 Å². The number of carbonyl (C=O) groups excluding carboxylic acids is 1. The third-order valence-corrected chi connectivity index (χ3v) is 4.22. The van der Waals surface area contributed by atoms with Crippen LogP contribution in [0.4, 0.5) is 0 Å². The molecule has 3 heterocycles. The van der Waals surface area contributed by atoms with Gasteiger partial charge in [0.15, 0.2) is 10.8 Å². The maximum Gasteiger partial charge on any atom is 0.265 e. The van der Waals surface area contributed by atoms with Crippen LogP contribution in [0.3, 0.4) is 0 Å². The molecule has 0 radical (unpaired) electrons. The van der Waals surface area contributed by atoms with Gasteiger partial charge in [0.05, 0.1) is 6.20 Å². The Kier molecular flexibility index (Phi) is 3.70. The van der Waals surface area contributed by atoms with Crippen molar-refractivity contribution >= 4 is 17.2 Å². The van der Waals surface area contributed by atoms with Gasteiger partial charge in [-0.25, -0.2) is 15.0 Å². The molecule has 1 amide bonds. The van der Waals surface area contributed by atoms with Gasteiger partial charge in [0, 0.05) is 38.1 Å². The highest BCUT2D eigenvalue weighted by atomic mass is 32.1. The lowest BCUT2D eigenvalue weighted by Crippen LogP contribution is -2.52. The lowest BCUT2D eigenvalue weighted by Gasteiger charge is -2.33. The zero-order valence-electron chi connectivity index (χ0n) is 11.1. The van der Waals surface area contributed by atoms with Crippen LogP contribution in [0.15, 0.2) is 24.7 Å². The quantitative estimate of drug-likeness (QED) is 0.894. The van der Waals surface area contributed by atoms with Crippen LogP contribution in [0.1, 0.15) is 16.6 Å². The van der Waals surface area contributed by atoms with Crippen molar-refractivity contribution in [3.63, 3.8) is 0 Å². The van der Waals surface area contributed by atoms with Gasteiger partial charge in [-0.15, -0.1) is 11.3 Å². The lowest BCUT2D eigenvalue weighted by molar-refractivity contribution is 0.0660. The molecule has 20 heavy (non-hydrogen) atoms. The second kappa shape index (κ2) is 5.64. The van der Waals surface area contributed by atoms with E-state index in [0.717, 1.165) is 19.6 Å². The normalized spacial score (nSPS) is 19.1. The molecule has 2 aromatic heterocycles. The highest BCUT2D eigenvalue weighted by Gasteiger charge is 2.25. The van der Waals surface area contributed by atoms with Crippen molar-refractivity contribution in [2.75, 3.05) is 19.6 Å². The fourth-order valence-electron chi connectivity index (χ4n) is 2.17. The summed E-state index contributed by atoms with van der Waals surface area (Å²) < 4.78 is 0. The SMILES string of the molecule is CC1CNCCN1C(=O)c1cnc(-c2ncccn2)s1. The Morgan fingerprint density at radius 1 is 1.40 bits per heavy atom. The molecule has 0 aromatic carbocycles. The molecule has 6 nitrogen and oxygen atoms in total. The van der Waals surface area contributed by atoms with Gasteiger partial charge in [-0.1, -0.05) is 0 Å². The van der Waals surface area contributed by atoms with E-state index < -0.39 is 0 Å². The van der Waals surface area contributed by atoms with Gasteiger partial charge in [-0.2, -0.15) is 0 Å². The van der Waals surface area contributed by atoms with Crippen LogP contribution >= 0.6 is 11.3 Å². The van der Waals surface area contributed by atoms with Crippen LogP contribution in [0.25, 0.3) is 10.8 Å². The molecule has 2 aromatic rings. The first kappa shape index (κ1) is 13.1. The number of nitrogens with one attached hydrogen (secondary N) is 1. The Morgan fingerprint density at radius 3 is 2.95 bits per heavy atom. The number of thiazole rings is 1. The minimum Gasteiger partial charge on any atom is -0.333 e.